The van der Waals surface area contributed by atoms with Gasteiger partial charge in [-0.05, 0) is 38.3 Å². The minimum Gasteiger partial charge on any atom is -0.354 e. The highest BCUT2D eigenvalue weighted by Crippen LogP contribution is 2.25. The monoisotopic (exact) mass is 327 g/mol. The quantitative estimate of drug-likeness (QED) is 0.937. The second-order valence-electron chi connectivity index (χ2n) is 7.44. The molecular weight excluding hydrogens is 302 g/mol. The van der Waals surface area contributed by atoms with E-state index in [1.165, 1.54) is 10.9 Å². The lowest BCUT2D eigenvalue weighted by Gasteiger charge is -2.31. The molecule has 0 bridgehead atoms. The molecule has 128 valence electrons. The van der Waals surface area contributed by atoms with Crippen LogP contribution in [0.15, 0.2) is 36.5 Å². The largest absolute Gasteiger partial charge is 0.354 e. The minimum atomic E-state index is -0.238. The third-order valence-electron chi connectivity index (χ3n) is 4.64. The molecule has 0 saturated carbocycles. The normalized spacial score (nSPS) is 18.4. The second-order valence-corrected chi connectivity index (χ2v) is 7.44. The molecule has 1 aromatic heterocycles. The second kappa shape index (κ2) is 6.30. The molecule has 1 N–H and O–H groups in total. The Morgan fingerprint density at radius 1 is 1.25 bits per heavy atom. The van der Waals surface area contributed by atoms with Gasteiger partial charge in [0.1, 0.15) is 0 Å². The number of rotatable bonds is 4. The number of nitrogens with one attached hydrogen (secondary N) is 1. The van der Waals surface area contributed by atoms with Gasteiger partial charge < -0.3 is 14.8 Å². The van der Waals surface area contributed by atoms with Crippen molar-refractivity contribution in [2.24, 2.45) is 5.92 Å². The van der Waals surface area contributed by atoms with E-state index in [0.29, 0.717) is 19.5 Å². The zero-order valence-corrected chi connectivity index (χ0v) is 14.6. The average molecular weight is 327 g/mol. The van der Waals surface area contributed by atoms with E-state index in [-0.39, 0.29) is 23.3 Å². The zero-order valence-electron chi connectivity index (χ0n) is 14.6. The van der Waals surface area contributed by atoms with Gasteiger partial charge in [-0.2, -0.15) is 0 Å². The van der Waals surface area contributed by atoms with Gasteiger partial charge in [0, 0.05) is 43.3 Å². The van der Waals surface area contributed by atoms with Crippen molar-refractivity contribution >= 4 is 22.7 Å². The summed E-state index contributed by atoms with van der Waals surface area (Å²) < 4.78 is 2.14. The van der Waals surface area contributed by atoms with Gasteiger partial charge in [-0.1, -0.05) is 18.2 Å². The molecule has 2 amide bonds. The molecule has 3 rings (SSSR count). The Bertz CT molecular complexity index is 757. The third-order valence-corrected chi connectivity index (χ3v) is 4.64. The highest BCUT2D eigenvalue weighted by molar-refractivity contribution is 5.89. The number of fused-ring (bicyclic) bond motifs is 1. The lowest BCUT2D eigenvalue weighted by Crippen LogP contribution is -2.43. The minimum absolute atomic E-state index is 0.0217. The molecule has 2 aromatic rings. The molecule has 1 unspecified atom stereocenters. The fourth-order valence-electron chi connectivity index (χ4n) is 3.31. The average Bonchev–Trinajstić information content (AvgIpc) is 3.11. The van der Waals surface area contributed by atoms with Crippen molar-refractivity contribution in [1.29, 1.82) is 0 Å². The summed E-state index contributed by atoms with van der Waals surface area (Å²) in [5, 5.41) is 4.18. The topological polar surface area (TPSA) is 54.3 Å². The summed E-state index contributed by atoms with van der Waals surface area (Å²) in [5.74, 6) is -0.191. The van der Waals surface area contributed by atoms with Crippen LogP contribution < -0.4 is 5.32 Å². The standard InChI is InChI=1S/C19H25N3O2/c1-19(2,3)22-13-15(12-17(22)23)18(24)20-9-11-21-10-8-14-6-4-5-7-16(14)21/h4-8,10,15H,9,11-13H2,1-3H3,(H,20,24). The summed E-state index contributed by atoms with van der Waals surface area (Å²) in [4.78, 5) is 26.2. The first-order valence-corrected chi connectivity index (χ1v) is 8.48. The number of hydrogen-bond acceptors (Lipinski definition) is 2. The van der Waals surface area contributed by atoms with Gasteiger partial charge in [-0.25, -0.2) is 0 Å². The van der Waals surface area contributed by atoms with Gasteiger partial charge in [0.15, 0.2) is 0 Å². The predicted octanol–water partition coefficient (Wildman–Crippen LogP) is 2.40. The fraction of sp³-hybridized carbons (Fsp3) is 0.474. The number of benzene rings is 1. The van der Waals surface area contributed by atoms with Gasteiger partial charge >= 0.3 is 0 Å². The maximum absolute atomic E-state index is 12.4. The Morgan fingerprint density at radius 2 is 2.00 bits per heavy atom. The fourth-order valence-corrected chi connectivity index (χ4v) is 3.31. The Balaban J connectivity index is 1.54. The Hall–Kier alpha value is -2.30. The SMILES string of the molecule is CC(C)(C)N1CC(C(=O)NCCn2ccc3ccccc32)CC1=O. The van der Waals surface area contributed by atoms with E-state index >= 15 is 0 Å². The molecule has 0 spiro atoms. The van der Waals surface area contributed by atoms with E-state index in [1.54, 1.807) is 4.90 Å². The highest BCUT2D eigenvalue weighted by Gasteiger charge is 2.39. The summed E-state index contributed by atoms with van der Waals surface area (Å²) in [6, 6.07) is 10.3. The van der Waals surface area contributed by atoms with Crippen LogP contribution in [0.2, 0.25) is 0 Å². The summed E-state index contributed by atoms with van der Waals surface area (Å²) >= 11 is 0. The lowest BCUT2D eigenvalue weighted by atomic mass is 10.1. The summed E-state index contributed by atoms with van der Waals surface area (Å²) in [6.07, 6.45) is 2.35. The van der Waals surface area contributed by atoms with Crippen molar-refractivity contribution in [1.82, 2.24) is 14.8 Å². The van der Waals surface area contributed by atoms with Gasteiger partial charge in [0.25, 0.3) is 0 Å². The van der Waals surface area contributed by atoms with Crippen LogP contribution in [-0.4, -0.2) is 39.9 Å². The first-order chi connectivity index (χ1) is 11.4. The van der Waals surface area contributed by atoms with Crippen LogP contribution in [0, 0.1) is 5.92 Å². The number of likely N-dealkylation sites (tertiary alicyclic amines) is 1. The molecule has 1 saturated heterocycles. The van der Waals surface area contributed by atoms with Crippen LogP contribution in [0.5, 0.6) is 0 Å². The van der Waals surface area contributed by atoms with Crippen LogP contribution in [0.1, 0.15) is 27.2 Å². The van der Waals surface area contributed by atoms with Crippen molar-refractivity contribution in [2.75, 3.05) is 13.1 Å². The Morgan fingerprint density at radius 3 is 2.71 bits per heavy atom. The molecule has 5 heteroatoms. The van der Waals surface area contributed by atoms with E-state index < -0.39 is 0 Å². The number of carbonyl (C=O) groups excluding carboxylic acids is 2. The zero-order chi connectivity index (χ0) is 17.3. The van der Waals surface area contributed by atoms with Gasteiger partial charge in [0.2, 0.25) is 11.8 Å². The van der Waals surface area contributed by atoms with Crippen LogP contribution in [-0.2, 0) is 16.1 Å². The number of carbonyl (C=O) groups is 2. The van der Waals surface area contributed by atoms with E-state index in [9.17, 15) is 9.59 Å². The molecule has 1 fully saturated rings. The van der Waals surface area contributed by atoms with Crippen LogP contribution in [0.25, 0.3) is 10.9 Å². The number of aromatic nitrogens is 1. The molecule has 1 aromatic carbocycles. The highest BCUT2D eigenvalue weighted by atomic mass is 16.2. The predicted molar refractivity (Wildman–Crippen MR) is 94.5 cm³/mol. The van der Waals surface area contributed by atoms with E-state index in [2.05, 4.69) is 28.1 Å². The van der Waals surface area contributed by atoms with Gasteiger partial charge in [0.05, 0.1) is 5.92 Å². The molecule has 2 heterocycles. The molecular formula is C19H25N3O2. The first-order valence-electron chi connectivity index (χ1n) is 8.48. The number of para-hydroxylation sites is 1. The molecule has 1 aliphatic rings. The maximum atomic E-state index is 12.4. The van der Waals surface area contributed by atoms with Crippen LogP contribution >= 0.6 is 0 Å². The van der Waals surface area contributed by atoms with Gasteiger partial charge in [-0.15, -0.1) is 0 Å². The molecule has 1 atom stereocenters. The maximum Gasteiger partial charge on any atom is 0.225 e. The van der Waals surface area contributed by atoms with E-state index in [0.717, 1.165) is 6.54 Å². The van der Waals surface area contributed by atoms with Crippen molar-refractivity contribution < 1.29 is 9.59 Å². The number of nitrogens with zero attached hydrogens (tertiary/aromatic N) is 2. The van der Waals surface area contributed by atoms with Crippen molar-refractivity contribution in [3.63, 3.8) is 0 Å². The van der Waals surface area contributed by atoms with Crippen molar-refractivity contribution in [2.45, 2.75) is 39.3 Å². The first kappa shape index (κ1) is 16.6. The van der Waals surface area contributed by atoms with Crippen LogP contribution in [0.4, 0.5) is 0 Å². The van der Waals surface area contributed by atoms with Crippen molar-refractivity contribution in [3.05, 3.63) is 36.5 Å². The van der Waals surface area contributed by atoms with Crippen molar-refractivity contribution in [3.8, 4) is 0 Å². The molecule has 24 heavy (non-hydrogen) atoms. The third kappa shape index (κ3) is 3.30. The molecule has 0 radical (unpaired) electrons. The van der Waals surface area contributed by atoms with E-state index in [1.807, 2.05) is 39.1 Å². The molecule has 0 aliphatic carbocycles. The van der Waals surface area contributed by atoms with Gasteiger partial charge in [-0.3, -0.25) is 9.59 Å². The smallest absolute Gasteiger partial charge is 0.225 e. The summed E-state index contributed by atoms with van der Waals surface area (Å²) in [6.45, 7) is 7.81. The van der Waals surface area contributed by atoms with E-state index in [4.69, 9.17) is 0 Å². The number of amides is 2. The number of hydrogen-bond donors (Lipinski definition) is 1. The summed E-state index contributed by atoms with van der Waals surface area (Å²) in [5.41, 5.74) is 0.942. The van der Waals surface area contributed by atoms with Crippen LogP contribution in [0.3, 0.4) is 0 Å². The molecule has 5 nitrogen and oxygen atoms in total. The summed E-state index contributed by atoms with van der Waals surface area (Å²) in [7, 11) is 0. The lowest BCUT2D eigenvalue weighted by molar-refractivity contribution is -0.132. The Kier molecular flexibility index (Phi) is 4.35. The molecule has 1 aliphatic heterocycles. The Labute approximate surface area is 142 Å².